The van der Waals surface area contributed by atoms with Crippen LogP contribution in [0, 0.1) is 17.7 Å². The number of nitrogens with one attached hydrogen (secondary N) is 4. The van der Waals surface area contributed by atoms with Crippen molar-refractivity contribution in [3.8, 4) is 0 Å². The molecule has 71 heavy (non-hydrogen) atoms. The first-order valence-corrected chi connectivity index (χ1v) is 29.5. The summed E-state index contributed by atoms with van der Waals surface area (Å²) in [6, 6.07) is 3.82. The van der Waals surface area contributed by atoms with Crippen LogP contribution in [0.15, 0.2) is 54.9 Å². The van der Waals surface area contributed by atoms with E-state index < -0.39 is 23.8 Å². The van der Waals surface area contributed by atoms with Crippen LogP contribution in [0.1, 0.15) is 165 Å². The van der Waals surface area contributed by atoms with Crippen LogP contribution in [0.4, 0.5) is 4.39 Å². The number of amides is 2. The number of likely N-dealkylation sites (tertiary alicyclic amines) is 1. The zero-order chi connectivity index (χ0) is 51.9. The Morgan fingerprint density at radius 2 is 1.68 bits per heavy atom. The van der Waals surface area contributed by atoms with Crippen molar-refractivity contribution in [1.82, 2.24) is 36.3 Å². The number of rotatable bonds is 34. The molecular formula is C54H87FN8O5S3. The molecule has 1 aliphatic heterocycles. The first-order valence-electron chi connectivity index (χ1n) is 26.1. The zero-order valence-corrected chi connectivity index (χ0v) is 46.4. The molecule has 1 aromatic carbocycles. The number of aromatic nitrogens is 1. The van der Waals surface area contributed by atoms with Crippen LogP contribution in [0.3, 0.4) is 0 Å². The molecule has 4 rings (SSSR count). The molecule has 0 radical (unpaired) electrons. The van der Waals surface area contributed by atoms with Crippen molar-refractivity contribution in [2.24, 2.45) is 17.6 Å². The number of hydrogen-bond donors (Lipinski definition) is 5. The number of ether oxygens (including phenoxy) is 2. The molecule has 2 heterocycles. The summed E-state index contributed by atoms with van der Waals surface area (Å²) in [5.41, 5.74) is 14.6. The molecule has 17 heteroatoms. The molecule has 1 aromatic heterocycles. The Morgan fingerprint density at radius 3 is 2.34 bits per heavy atom. The first kappa shape index (κ1) is 59.8. The Bertz CT molecular complexity index is 2000. The highest BCUT2D eigenvalue weighted by atomic mass is 33.1. The van der Waals surface area contributed by atoms with Crippen LogP contribution in [-0.4, -0.2) is 102 Å². The monoisotopic (exact) mass is 1040 g/mol. The van der Waals surface area contributed by atoms with E-state index in [-0.39, 0.29) is 53.7 Å². The van der Waals surface area contributed by atoms with Crippen LogP contribution in [0.2, 0.25) is 0 Å². The summed E-state index contributed by atoms with van der Waals surface area (Å²) in [6.07, 6.45) is 16.0. The molecular weight excluding hydrogens is 956 g/mol. The third-order valence-corrected chi connectivity index (χ3v) is 17.4. The number of nitrogens with zero attached hydrogens (tertiary/aromatic N) is 3. The number of benzene rings is 1. The molecule has 1 saturated heterocycles. The maximum absolute atomic E-state index is 14.6. The molecule has 2 aliphatic rings. The summed E-state index contributed by atoms with van der Waals surface area (Å²) >= 11 is 1.39. The Morgan fingerprint density at radius 1 is 0.986 bits per heavy atom. The van der Waals surface area contributed by atoms with Crippen molar-refractivity contribution in [1.29, 1.82) is 0 Å². The number of piperidine rings is 1. The van der Waals surface area contributed by atoms with E-state index in [1.54, 1.807) is 16.9 Å². The van der Waals surface area contributed by atoms with Gasteiger partial charge < -0.3 is 30.7 Å². The first-order chi connectivity index (χ1) is 34.0. The minimum absolute atomic E-state index is 0.0340. The Balaban J connectivity index is 1.31. The number of carbonyl (C=O) groups excluding carboxylic acids is 3. The summed E-state index contributed by atoms with van der Waals surface area (Å²) in [4.78, 5) is 49.3. The van der Waals surface area contributed by atoms with Crippen molar-refractivity contribution < 1.29 is 28.2 Å². The number of nitrogens with two attached hydrogens (primary N) is 1. The van der Waals surface area contributed by atoms with Crippen LogP contribution < -0.4 is 27.2 Å². The van der Waals surface area contributed by atoms with Gasteiger partial charge in [-0.25, -0.2) is 9.37 Å². The van der Waals surface area contributed by atoms with E-state index in [1.807, 2.05) is 30.3 Å². The van der Waals surface area contributed by atoms with E-state index in [1.165, 1.54) is 81.8 Å². The van der Waals surface area contributed by atoms with Gasteiger partial charge in [0.25, 0.3) is 0 Å². The van der Waals surface area contributed by atoms with E-state index >= 15 is 0 Å². The van der Waals surface area contributed by atoms with E-state index in [2.05, 4.69) is 78.7 Å². The quantitative estimate of drug-likeness (QED) is 0.0148. The largest absolute Gasteiger partial charge is 0.478 e. The van der Waals surface area contributed by atoms with Crippen LogP contribution in [-0.2, 0) is 30.3 Å². The van der Waals surface area contributed by atoms with E-state index in [0.29, 0.717) is 47.8 Å². The molecule has 0 spiro atoms. The summed E-state index contributed by atoms with van der Waals surface area (Å²) in [5.74, 6) is 0.605. The van der Waals surface area contributed by atoms with Gasteiger partial charge in [0, 0.05) is 55.1 Å². The number of fused-ring (bicyclic) bond motifs is 1. The smallest absolute Gasteiger partial charge is 0.303 e. The second-order valence-electron chi connectivity index (χ2n) is 19.8. The summed E-state index contributed by atoms with van der Waals surface area (Å²) in [5, 5.41) is 9.40. The maximum atomic E-state index is 14.6. The summed E-state index contributed by atoms with van der Waals surface area (Å²) < 4.78 is 26.4. The fourth-order valence-electron chi connectivity index (χ4n) is 9.58. The van der Waals surface area contributed by atoms with Crippen molar-refractivity contribution in [2.45, 2.75) is 174 Å². The van der Waals surface area contributed by atoms with Crippen molar-refractivity contribution in [3.05, 3.63) is 82.5 Å². The highest BCUT2D eigenvalue weighted by Crippen LogP contribution is 2.36. The SMILES string of the molecule is C=C(NNC(=O)[C@@H]1C[C@@H](NC(=C)c2csc([C@@H](C[C@H](C(C)C)N(C)C(=C)C(NC(=O)[C@H]3CCCCN3C)[C@@H](C)CC)OC(C)=O)n2)Cc2ccc(F)cc21)OCCSSCCCCCCCCCCCN. The van der Waals surface area contributed by atoms with Gasteiger partial charge in [0.15, 0.2) is 12.0 Å². The average Bonchev–Trinajstić information content (AvgIpc) is 3.85. The fourth-order valence-corrected chi connectivity index (χ4v) is 12.4. The van der Waals surface area contributed by atoms with Gasteiger partial charge in [-0.2, -0.15) is 0 Å². The molecule has 1 fully saturated rings. The van der Waals surface area contributed by atoms with E-state index in [4.69, 9.17) is 20.2 Å². The minimum atomic E-state index is -0.672. The number of halogens is 1. The van der Waals surface area contributed by atoms with Gasteiger partial charge in [-0.1, -0.05) is 126 Å². The normalized spacial score (nSPS) is 18.6. The van der Waals surface area contributed by atoms with Crippen LogP contribution >= 0.6 is 32.9 Å². The summed E-state index contributed by atoms with van der Waals surface area (Å²) in [7, 11) is 7.66. The number of hydrogen-bond acceptors (Lipinski definition) is 14. The molecule has 7 atom stereocenters. The van der Waals surface area contributed by atoms with E-state index in [0.717, 1.165) is 68.0 Å². The van der Waals surface area contributed by atoms with Crippen LogP contribution in [0.5, 0.6) is 0 Å². The Kier molecular flexibility index (Phi) is 26.7. The molecule has 13 nitrogen and oxygen atoms in total. The molecule has 1 unspecified atom stereocenters. The van der Waals surface area contributed by atoms with Gasteiger partial charge in [-0.3, -0.25) is 30.1 Å². The second kappa shape index (κ2) is 31.7. The van der Waals surface area contributed by atoms with Gasteiger partial charge in [-0.05, 0) is 100 Å². The van der Waals surface area contributed by atoms with Gasteiger partial charge >= 0.3 is 5.97 Å². The molecule has 398 valence electrons. The van der Waals surface area contributed by atoms with Crippen LogP contribution in [0.25, 0.3) is 5.70 Å². The third kappa shape index (κ3) is 19.9. The number of hydrazine groups is 1. The highest BCUT2D eigenvalue weighted by Gasteiger charge is 2.36. The number of esters is 1. The van der Waals surface area contributed by atoms with E-state index in [9.17, 15) is 18.8 Å². The number of unbranched alkanes of at least 4 members (excludes halogenated alkanes) is 8. The lowest BCUT2D eigenvalue weighted by Gasteiger charge is -2.41. The van der Waals surface area contributed by atoms with Gasteiger partial charge in [0.2, 0.25) is 11.8 Å². The molecule has 6 N–H and O–H groups in total. The standard InChI is InChI=1S/C54H87FN8O5S3/c1-11-37(4)51(59-53(66)48-23-19-21-27-62(48)9)39(6)63(10)49(36(2)3)34-50(68-41(8)64)54-58-47(35-69-54)38(5)57-44-31-42-24-25-43(55)32-45(42)46(33-44)52(65)61-60-40(7)67-28-30-71-70-29-22-18-16-14-12-13-15-17-20-26-56/h24-25,32,35-37,44,46,48-51,57,60H,5-7,11-23,26-31,33-34,56H2,1-4,8-10H3,(H,59,66)(H,61,65)/t37-,44-,46+,48+,49+,50+,51?/m0/s1. The lowest BCUT2D eigenvalue weighted by molar-refractivity contribution is -0.148. The second-order valence-corrected chi connectivity index (χ2v) is 23.4. The van der Waals surface area contributed by atoms with Gasteiger partial charge in [-0.15, -0.1) is 11.3 Å². The number of carbonyl (C=O) groups is 3. The molecule has 0 bridgehead atoms. The predicted octanol–water partition coefficient (Wildman–Crippen LogP) is 10.4. The van der Waals surface area contributed by atoms with Gasteiger partial charge in [0.05, 0.1) is 36.0 Å². The predicted molar refractivity (Wildman–Crippen MR) is 294 cm³/mol. The Labute approximate surface area is 437 Å². The highest BCUT2D eigenvalue weighted by molar-refractivity contribution is 8.76. The fraction of sp³-hybridized carbons (Fsp3) is 0.667. The topological polar surface area (TPSA) is 163 Å². The van der Waals surface area contributed by atoms with Crippen molar-refractivity contribution in [3.63, 3.8) is 0 Å². The third-order valence-electron chi connectivity index (χ3n) is 14.0. The number of thiazole rings is 1. The zero-order valence-electron chi connectivity index (χ0n) is 44.0. The lowest BCUT2D eigenvalue weighted by Crippen LogP contribution is -2.54. The van der Waals surface area contributed by atoms with Crippen molar-refractivity contribution >= 4 is 56.4 Å². The Hall–Kier alpha value is -3.77. The minimum Gasteiger partial charge on any atom is -0.478 e. The summed E-state index contributed by atoms with van der Waals surface area (Å²) in [6.45, 7) is 24.9. The molecule has 0 saturated carbocycles. The molecule has 2 amide bonds. The molecule has 1 aliphatic carbocycles. The number of likely N-dealkylation sites (N-methyl/N-ethyl adjacent to an activating group) is 2. The molecule has 2 aromatic rings. The van der Waals surface area contributed by atoms with Gasteiger partial charge in [0.1, 0.15) is 10.8 Å². The average molecular weight is 1040 g/mol. The maximum Gasteiger partial charge on any atom is 0.303 e. The van der Waals surface area contributed by atoms with Crippen molar-refractivity contribution in [2.75, 3.05) is 45.3 Å². The lowest BCUT2D eigenvalue weighted by atomic mass is 9.79.